The highest BCUT2D eigenvalue weighted by Gasteiger charge is 2.32. The van der Waals surface area contributed by atoms with Crippen LogP contribution in [-0.2, 0) is 4.79 Å². The minimum atomic E-state index is -0.139. The average Bonchev–Trinajstić information content (AvgIpc) is 2.56. The summed E-state index contributed by atoms with van der Waals surface area (Å²) >= 11 is 0. The van der Waals surface area contributed by atoms with Crippen molar-refractivity contribution in [2.24, 2.45) is 5.92 Å². The van der Waals surface area contributed by atoms with E-state index in [-0.39, 0.29) is 17.9 Å². The van der Waals surface area contributed by atoms with E-state index in [2.05, 4.69) is 5.32 Å². The first kappa shape index (κ1) is 11.4. The molecule has 90 valence electrons. The second-order valence-electron chi connectivity index (χ2n) is 5.02. The van der Waals surface area contributed by atoms with Crippen molar-refractivity contribution in [2.45, 2.75) is 51.0 Å². The summed E-state index contributed by atoms with van der Waals surface area (Å²) in [5, 5.41) is 10.5. The van der Waals surface area contributed by atoms with Crippen molar-refractivity contribution < 1.29 is 4.79 Å². The summed E-state index contributed by atoms with van der Waals surface area (Å²) in [6.07, 6.45) is 8.76. The Balaban J connectivity index is 1.77. The predicted molar refractivity (Wildman–Crippen MR) is 63.2 cm³/mol. The smallest absolute Gasteiger partial charge is 0.251 e. The maximum atomic E-state index is 11.7. The molecule has 0 aromatic rings. The van der Waals surface area contributed by atoms with Gasteiger partial charge in [-0.3, -0.25) is 15.1 Å². The number of rotatable bonds is 3. The van der Waals surface area contributed by atoms with E-state index in [0.29, 0.717) is 0 Å². The fourth-order valence-electron chi connectivity index (χ4n) is 2.74. The van der Waals surface area contributed by atoms with Gasteiger partial charge in [-0.1, -0.05) is 32.1 Å². The van der Waals surface area contributed by atoms with E-state index in [1.165, 1.54) is 37.0 Å². The van der Waals surface area contributed by atoms with Crippen LogP contribution < -0.4 is 5.32 Å². The van der Waals surface area contributed by atoms with Gasteiger partial charge in [0.25, 0.3) is 5.91 Å². The summed E-state index contributed by atoms with van der Waals surface area (Å²) < 4.78 is 0. The second-order valence-corrected chi connectivity index (χ2v) is 5.02. The number of guanidine groups is 1. The number of carbonyl (C=O) groups excluding carboxylic acids is 1. The molecule has 1 aliphatic carbocycles. The Morgan fingerprint density at radius 1 is 1.31 bits per heavy atom. The molecule has 0 unspecified atom stereocenters. The van der Waals surface area contributed by atoms with Crippen molar-refractivity contribution >= 4 is 11.9 Å². The fourth-order valence-corrected chi connectivity index (χ4v) is 2.74. The molecule has 2 fully saturated rings. The monoisotopic (exact) mass is 223 g/mol. The largest absolute Gasteiger partial charge is 0.344 e. The zero-order valence-corrected chi connectivity index (χ0v) is 9.96. The van der Waals surface area contributed by atoms with Crippen LogP contribution in [0.25, 0.3) is 0 Å². The molecule has 1 atom stereocenters. The molecule has 16 heavy (non-hydrogen) atoms. The Kier molecular flexibility index (Phi) is 3.46. The number of nitrogens with zero attached hydrogens (tertiary/aromatic N) is 1. The lowest BCUT2D eigenvalue weighted by atomic mass is 9.85. The van der Waals surface area contributed by atoms with Crippen LogP contribution in [0.4, 0.5) is 0 Å². The van der Waals surface area contributed by atoms with Gasteiger partial charge in [0.15, 0.2) is 5.96 Å². The lowest BCUT2D eigenvalue weighted by molar-refractivity contribution is -0.126. The van der Waals surface area contributed by atoms with Crippen molar-refractivity contribution in [1.29, 1.82) is 5.41 Å². The highest BCUT2D eigenvalue weighted by Crippen LogP contribution is 2.28. The molecule has 2 rings (SSSR count). The van der Waals surface area contributed by atoms with Crippen molar-refractivity contribution in [1.82, 2.24) is 10.2 Å². The maximum absolute atomic E-state index is 11.7. The summed E-state index contributed by atoms with van der Waals surface area (Å²) in [5.74, 6) is 1.11. The average molecular weight is 223 g/mol. The lowest BCUT2D eigenvalue weighted by Gasteiger charge is -2.22. The molecule has 0 aromatic carbocycles. The van der Waals surface area contributed by atoms with Gasteiger partial charge in [0, 0.05) is 7.05 Å². The number of hydrogen-bond donors (Lipinski definition) is 2. The van der Waals surface area contributed by atoms with Crippen LogP contribution >= 0.6 is 0 Å². The molecular weight excluding hydrogens is 202 g/mol. The van der Waals surface area contributed by atoms with Crippen molar-refractivity contribution in [3.05, 3.63) is 0 Å². The van der Waals surface area contributed by atoms with E-state index in [4.69, 9.17) is 5.41 Å². The van der Waals surface area contributed by atoms with Crippen molar-refractivity contribution in [3.63, 3.8) is 0 Å². The number of amides is 1. The van der Waals surface area contributed by atoms with Crippen molar-refractivity contribution in [2.75, 3.05) is 7.05 Å². The third-order valence-corrected chi connectivity index (χ3v) is 3.86. The molecule has 0 radical (unpaired) electrons. The van der Waals surface area contributed by atoms with Gasteiger partial charge in [0.2, 0.25) is 0 Å². The summed E-state index contributed by atoms with van der Waals surface area (Å²) in [5.41, 5.74) is 0. The van der Waals surface area contributed by atoms with Crippen molar-refractivity contribution in [3.8, 4) is 0 Å². The van der Waals surface area contributed by atoms with E-state index in [1.54, 1.807) is 7.05 Å². The normalized spacial score (nSPS) is 27.3. The van der Waals surface area contributed by atoms with Gasteiger partial charge >= 0.3 is 0 Å². The van der Waals surface area contributed by atoms with Gasteiger partial charge in [-0.05, 0) is 18.8 Å². The highest BCUT2D eigenvalue weighted by molar-refractivity contribution is 6.04. The quantitative estimate of drug-likeness (QED) is 0.765. The van der Waals surface area contributed by atoms with Crippen LogP contribution in [0.2, 0.25) is 0 Å². The Labute approximate surface area is 96.9 Å². The van der Waals surface area contributed by atoms with Crippen LogP contribution in [0.1, 0.15) is 44.9 Å². The maximum Gasteiger partial charge on any atom is 0.251 e. The fraction of sp³-hybridized carbons (Fsp3) is 0.833. The van der Waals surface area contributed by atoms with Gasteiger partial charge in [0.1, 0.15) is 6.04 Å². The molecule has 0 aromatic heterocycles. The molecule has 0 bridgehead atoms. The molecule has 1 aliphatic heterocycles. The molecule has 1 saturated heterocycles. The summed E-state index contributed by atoms with van der Waals surface area (Å²) in [6.45, 7) is 0. The number of hydrogen-bond acceptors (Lipinski definition) is 2. The number of carbonyl (C=O) groups is 1. The summed E-state index contributed by atoms with van der Waals surface area (Å²) in [6, 6.07) is -0.139. The third-order valence-electron chi connectivity index (χ3n) is 3.86. The number of nitrogens with one attached hydrogen (secondary N) is 2. The second kappa shape index (κ2) is 4.85. The Morgan fingerprint density at radius 2 is 2.00 bits per heavy atom. The van der Waals surface area contributed by atoms with Gasteiger partial charge < -0.3 is 5.32 Å². The molecular formula is C12H21N3O. The molecule has 4 nitrogen and oxygen atoms in total. The van der Waals surface area contributed by atoms with E-state index in [9.17, 15) is 4.79 Å². The zero-order valence-electron chi connectivity index (χ0n) is 9.96. The first-order valence-corrected chi connectivity index (χ1v) is 6.31. The van der Waals surface area contributed by atoms with Gasteiger partial charge in [0.05, 0.1) is 0 Å². The van der Waals surface area contributed by atoms with E-state index in [0.717, 1.165) is 18.8 Å². The van der Waals surface area contributed by atoms with Crippen LogP contribution in [0.15, 0.2) is 0 Å². The molecule has 1 saturated carbocycles. The van der Waals surface area contributed by atoms with Crippen LogP contribution in [0.5, 0.6) is 0 Å². The standard InChI is InChI=1S/C12H21N3O/c1-15-11(16)10(14-12(15)13)8-7-9-5-3-2-4-6-9/h9-10H,2-8H2,1H3,(H2,13,14)/t10-/m0/s1. The van der Waals surface area contributed by atoms with Crippen LogP contribution in [0.3, 0.4) is 0 Å². The topological polar surface area (TPSA) is 56.2 Å². The Hall–Kier alpha value is -1.06. The SMILES string of the molecule is CN1C(=N)N[C@@H](CCC2CCCCC2)C1=O. The van der Waals surface area contributed by atoms with Crippen LogP contribution in [0, 0.1) is 11.3 Å². The van der Waals surface area contributed by atoms with Gasteiger partial charge in [-0.2, -0.15) is 0 Å². The number of likely N-dealkylation sites (N-methyl/N-ethyl adjacent to an activating group) is 1. The first-order chi connectivity index (χ1) is 7.68. The first-order valence-electron chi connectivity index (χ1n) is 6.31. The van der Waals surface area contributed by atoms with E-state index < -0.39 is 0 Å². The van der Waals surface area contributed by atoms with E-state index in [1.807, 2.05) is 0 Å². The predicted octanol–water partition coefficient (Wildman–Crippen LogP) is 1.71. The summed E-state index contributed by atoms with van der Waals surface area (Å²) in [7, 11) is 1.66. The Morgan fingerprint density at radius 3 is 2.56 bits per heavy atom. The van der Waals surface area contributed by atoms with E-state index >= 15 is 0 Å². The van der Waals surface area contributed by atoms with Crippen LogP contribution in [-0.4, -0.2) is 29.9 Å². The molecule has 1 heterocycles. The minimum Gasteiger partial charge on any atom is -0.344 e. The Bertz CT molecular complexity index is 284. The minimum absolute atomic E-state index is 0.0563. The molecule has 0 spiro atoms. The molecule has 2 aliphatic rings. The lowest BCUT2D eigenvalue weighted by Crippen LogP contribution is -2.29. The molecule has 2 N–H and O–H groups in total. The molecule has 1 amide bonds. The zero-order chi connectivity index (χ0) is 11.5. The van der Waals surface area contributed by atoms with Gasteiger partial charge in [-0.15, -0.1) is 0 Å². The van der Waals surface area contributed by atoms with Gasteiger partial charge in [-0.25, -0.2) is 0 Å². The highest BCUT2D eigenvalue weighted by atomic mass is 16.2. The third kappa shape index (κ3) is 2.36. The molecule has 4 heteroatoms. The summed E-state index contributed by atoms with van der Waals surface area (Å²) in [4.78, 5) is 13.1.